The van der Waals surface area contributed by atoms with Crippen LogP contribution in [0.25, 0.3) is 0 Å². The lowest BCUT2D eigenvalue weighted by Crippen LogP contribution is -2.13. The summed E-state index contributed by atoms with van der Waals surface area (Å²) in [5.41, 5.74) is 0. The fourth-order valence-electron chi connectivity index (χ4n) is 0.470. The Bertz CT molecular complexity index is 186. The van der Waals surface area contributed by atoms with E-state index in [0.29, 0.717) is 0 Å². The Kier molecular flexibility index (Phi) is 6.27. The molecule has 0 aromatic rings. The molecule has 12 heavy (non-hydrogen) atoms. The molecule has 5 nitrogen and oxygen atoms in total. The summed E-state index contributed by atoms with van der Waals surface area (Å²) in [6.45, 7) is 1.83. The van der Waals surface area contributed by atoms with Gasteiger partial charge >= 0.3 is 0 Å². The van der Waals surface area contributed by atoms with E-state index in [0.717, 1.165) is 0 Å². The predicted octanol–water partition coefficient (Wildman–Crippen LogP) is -0.638. The zero-order chi connectivity index (χ0) is 9.45. The maximum absolute atomic E-state index is 10.7. The van der Waals surface area contributed by atoms with Crippen molar-refractivity contribution < 1.29 is 22.4 Å². The molecular weight excluding hydrogens is 184 g/mol. The zero-order valence-electron chi connectivity index (χ0n) is 7.02. The summed E-state index contributed by atoms with van der Waals surface area (Å²) in [6, 6.07) is 0. The Morgan fingerprint density at radius 2 is 1.92 bits per heavy atom. The van der Waals surface area contributed by atoms with Gasteiger partial charge in [0.15, 0.2) is 0 Å². The van der Waals surface area contributed by atoms with Gasteiger partial charge in [-0.15, -0.1) is 0 Å². The van der Waals surface area contributed by atoms with Gasteiger partial charge in [-0.3, -0.25) is 4.18 Å². The van der Waals surface area contributed by atoms with E-state index in [1.165, 1.54) is 6.92 Å². The lowest BCUT2D eigenvalue weighted by molar-refractivity contribution is 0.0719. The molecule has 0 atom stereocenters. The molecule has 0 unspecified atom stereocenters. The zero-order valence-corrected chi connectivity index (χ0v) is 7.84. The molecule has 0 saturated carbocycles. The SMILES string of the molecule is CCS(=O)(=O)OCCOCCO. The van der Waals surface area contributed by atoms with Gasteiger partial charge in [-0.1, -0.05) is 0 Å². The molecule has 0 aliphatic carbocycles. The normalized spacial score (nSPS) is 11.8. The average molecular weight is 198 g/mol. The molecule has 0 fully saturated rings. The molecule has 0 saturated heterocycles. The van der Waals surface area contributed by atoms with Gasteiger partial charge < -0.3 is 9.84 Å². The van der Waals surface area contributed by atoms with E-state index in [1.54, 1.807) is 0 Å². The van der Waals surface area contributed by atoms with Crippen molar-refractivity contribution in [2.45, 2.75) is 6.92 Å². The van der Waals surface area contributed by atoms with Gasteiger partial charge in [0.05, 0.1) is 32.2 Å². The highest BCUT2D eigenvalue weighted by Gasteiger charge is 2.05. The Morgan fingerprint density at radius 3 is 2.42 bits per heavy atom. The van der Waals surface area contributed by atoms with Crippen molar-refractivity contribution >= 4 is 10.1 Å². The number of aliphatic hydroxyl groups is 1. The monoisotopic (exact) mass is 198 g/mol. The molecule has 1 N–H and O–H groups in total. The van der Waals surface area contributed by atoms with Crippen LogP contribution in [0.15, 0.2) is 0 Å². The maximum atomic E-state index is 10.7. The van der Waals surface area contributed by atoms with Crippen LogP contribution in [0.3, 0.4) is 0 Å². The first-order valence-electron chi connectivity index (χ1n) is 3.68. The second-order valence-electron chi connectivity index (χ2n) is 2.00. The van der Waals surface area contributed by atoms with Crippen LogP contribution < -0.4 is 0 Å². The standard InChI is InChI=1S/C6H14O5S/c1-2-12(8,9)11-6-5-10-4-3-7/h7H,2-6H2,1H3. The molecule has 0 aromatic heterocycles. The maximum Gasteiger partial charge on any atom is 0.267 e. The van der Waals surface area contributed by atoms with Gasteiger partial charge in [0.25, 0.3) is 10.1 Å². The third kappa shape index (κ3) is 6.53. The minimum absolute atomic E-state index is 0.0101. The summed E-state index contributed by atoms with van der Waals surface area (Å²) in [7, 11) is -3.35. The number of ether oxygens (including phenoxy) is 1. The van der Waals surface area contributed by atoms with Crippen LogP contribution in [-0.4, -0.2) is 45.7 Å². The van der Waals surface area contributed by atoms with Crippen molar-refractivity contribution in [1.29, 1.82) is 0 Å². The van der Waals surface area contributed by atoms with Crippen LogP contribution in [0.4, 0.5) is 0 Å². The van der Waals surface area contributed by atoms with Gasteiger partial charge in [-0.25, -0.2) is 0 Å². The van der Waals surface area contributed by atoms with Crippen LogP contribution in [0.1, 0.15) is 6.92 Å². The number of hydrogen-bond acceptors (Lipinski definition) is 5. The fraction of sp³-hybridized carbons (Fsp3) is 1.00. The largest absolute Gasteiger partial charge is 0.394 e. The molecule has 0 aromatic carbocycles. The highest BCUT2D eigenvalue weighted by atomic mass is 32.2. The molecule has 0 amide bonds. The molecule has 0 rings (SSSR count). The quantitative estimate of drug-likeness (QED) is 0.435. The minimum Gasteiger partial charge on any atom is -0.394 e. The van der Waals surface area contributed by atoms with Gasteiger partial charge in [0, 0.05) is 0 Å². The van der Waals surface area contributed by atoms with E-state index in [2.05, 4.69) is 4.18 Å². The number of rotatable bonds is 7. The van der Waals surface area contributed by atoms with E-state index in [1.807, 2.05) is 0 Å². The summed E-state index contributed by atoms with van der Waals surface area (Å²) in [6.07, 6.45) is 0. The van der Waals surface area contributed by atoms with Gasteiger partial charge in [0.1, 0.15) is 0 Å². The Balaban J connectivity index is 3.32. The van der Waals surface area contributed by atoms with Crippen LogP contribution in [0, 0.1) is 0 Å². The Labute approximate surface area is 72.4 Å². The van der Waals surface area contributed by atoms with Crippen molar-refractivity contribution in [2.75, 3.05) is 32.2 Å². The summed E-state index contributed by atoms with van der Waals surface area (Å²) in [5.74, 6) is -0.0347. The second kappa shape index (κ2) is 6.36. The van der Waals surface area contributed by atoms with E-state index in [9.17, 15) is 8.42 Å². The van der Waals surface area contributed by atoms with Crippen molar-refractivity contribution in [2.24, 2.45) is 0 Å². The van der Waals surface area contributed by atoms with Gasteiger partial charge in [-0.05, 0) is 6.92 Å². The summed E-state index contributed by atoms with van der Waals surface area (Å²) in [4.78, 5) is 0. The molecule has 0 spiro atoms. The number of aliphatic hydroxyl groups excluding tert-OH is 1. The molecule has 0 heterocycles. The molecular formula is C6H14O5S. The van der Waals surface area contributed by atoms with Crippen LogP contribution in [-0.2, 0) is 19.0 Å². The first-order valence-corrected chi connectivity index (χ1v) is 5.26. The highest BCUT2D eigenvalue weighted by molar-refractivity contribution is 7.86. The minimum atomic E-state index is -3.35. The molecule has 74 valence electrons. The third-order valence-corrected chi connectivity index (χ3v) is 2.31. The van der Waals surface area contributed by atoms with E-state index in [4.69, 9.17) is 9.84 Å². The van der Waals surface area contributed by atoms with E-state index >= 15 is 0 Å². The van der Waals surface area contributed by atoms with Gasteiger partial charge in [-0.2, -0.15) is 8.42 Å². The van der Waals surface area contributed by atoms with Crippen LogP contribution >= 0.6 is 0 Å². The number of hydrogen-bond donors (Lipinski definition) is 1. The molecule has 0 aliphatic rings. The van der Waals surface area contributed by atoms with Crippen molar-refractivity contribution in [1.82, 2.24) is 0 Å². The Morgan fingerprint density at radius 1 is 1.25 bits per heavy atom. The summed E-state index contributed by atoms with van der Waals surface area (Å²) in [5, 5.41) is 8.29. The van der Waals surface area contributed by atoms with Crippen molar-refractivity contribution in [3.8, 4) is 0 Å². The molecule has 0 aliphatic heterocycles. The molecule has 6 heteroatoms. The second-order valence-corrected chi connectivity index (χ2v) is 3.93. The molecule has 0 radical (unpaired) electrons. The van der Waals surface area contributed by atoms with Crippen molar-refractivity contribution in [3.05, 3.63) is 0 Å². The Hall–Kier alpha value is -0.170. The fourth-order valence-corrected chi connectivity index (χ4v) is 0.959. The summed E-state index contributed by atoms with van der Waals surface area (Å²) >= 11 is 0. The average Bonchev–Trinajstić information content (AvgIpc) is 2.04. The van der Waals surface area contributed by atoms with Crippen molar-refractivity contribution in [3.63, 3.8) is 0 Å². The third-order valence-electron chi connectivity index (χ3n) is 1.08. The topological polar surface area (TPSA) is 72.8 Å². The van der Waals surface area contributed by atoms with Crippen LogP contribution in [0.2, 0.25) is 0 Å². The van der Waals surface area contributed by atoms with E-state index < -0.39 is 10.1 Å². The summed E-state index contributed by atoms with van der Waals surface area (Å²) < 4.78 is 30.7. The molecule has 0 bridgehead atoms. The highest BCUT2D eigenvalue weighted by Crippen LogP contribution is 1.91. The lowest BCUT2D eigenvalue weighted by Gasteiger charge is -2.03. The predicted molar refractivity (Wildman–Crippen MR) is 43.3 cm³/mol. The van der Waals surface area contributed by atoms with Crippen LogP contribution in [0.5, 0.6) is 0 Å². The first kappa shape index (κ1) is 11.8. The van der Waals surface area contributed by atoms with E-state index in [-0.39, 0.29) is 32.2 Å². The smallest absolute Gasteiger partial charge is 0.267 e. The van der Waals surface area contributed by atoms with Gasteiger partial charge in [0.2, 0.25) is 0 Å². The first-order chi connectivity index (χ1) is 5.62. The lowest BCUT2D eigenvalue weighted by atomic mass is 10.7.